The summed E-state index contributed by atoms with van der Waals surface area (Å²) in [5.41, 5.74) is 5.15. The summed E-state index contributed by atoms with van der Waals surface area (Å²) in [6, 6.07) is 0. The molecule has 0 spiro atoms. The van der Waals surface area contributed by atoms with Gasteiger partial charge in [-0.25, -0.2) is 4.79 Å². The maximum absolute atomic E-state index is 10.9. The lowest BCUT2D eigenvalue weighted by atomic mass is 10.1. The van der Waals surface area contributed by atoms with Gasteiger partial charge < -0.3 is 15.8 Å². The van der Waals surface area contributed by atoms with Gasteiger partial charge in [0, 0.05) is 12.1 Å². The van der Waals surface area contributed by atoms with Crippen LogP contribution < -0.4 is 11.1 Å². The highest BCUT2D eigenvalue weighted by Gasteiger charge is 2.13. The summed E-state index contributed by atoms with van der Waals surface area (Å²) in [6.45, 7) is 6.47. The Balaban J connectivity index is 3.44. The van der Waals surface area contributed by atoms with Crippen LogP contribution in [0.1, 0.15) is 27.2 Å². The van der Waals surface area contributed by atoms with Gasteiger partial charge in [0.25, 0.3) is 0 Å². The van der Waals surface area contributed by atoms with Gasteiger partial charge in [-0.15, -0.1) is 0 Å². The largest absolute Gasteiger partial charge is 0.448 e. The van der Waals surface area contributed by atoms with Crippen LogP contribution in [0, 0.1) is 0 Å². The van der Waals surface area contributed by atoms with E-state index in [1.54, 1.807) is 13.8 Å². The molecule has 0 unspecified atom stereocenters. The van der Waals surface area contributed by atoms with E-state index < -0.39 is 11.6 Å². The second-order valence-electron chi connectivity index (χ2n) is 3.49. The van der Waals surface area contributed by atoms with Gasteiger partial charge >= 0.3 is 6.09 Å². The van der Waals surface area contributed by atoms with Gasteiger partial charge in [-0.3, -0.25) is 0 Å². The molecule has 0 bridgehead atoms. The van der Waals surface area contributed by atoms with Crippen LogP contribution in [0.3, 0.4) is 0 Å². The topological polar surface area (TPSA) is 64.3 Å². The first kappa shape index (κ1) is 11.2. The molecule has 0 fully saturated rings. The van der Waals surface area contributed by atoms with Gasteiger partial charge in [-0.1, -0.05) is 6.92 Å². The Bertz CT molecular complexity index is 140. The van der Waals surface area contributed by atoms with Crippen LogP contribution in [0.2, 0.25) is 0 Å². The second kappa shape index (κ2) is 4.98. The quantitative estimate of drug-likeness (QED) is 0.664. The molecular formula is C8H18N2O2. The fourth-order valence-electron chi connectivity index (χ4n) is 0.530. The molecule has 0 aromatic heterocycles. The van der Waals surface area contributed by atoms with E-state index in [4.69, 9.17) is 10.5 Å². The molecule has 0 aliphatic heterocycles. The fourth-order valence-corrected chi connectivity index (χ4v) is 0.530. The Hall–Kier alpha value is -0.770. The summed E-state index contributed by atoms with van der Waals surface area (Å²) in [5.74, 6) is 0. The Morgan fingerprint density at radius 1 is 1.58 bits per heavy atom. The molecule has 4 nitrogen and oxygen atoms in total. The smallest absolute Gasteiger partial charge is 0.407 e. The minimum atomic E-state index is -0.455. The minimum Gasteiger partial charge on any atom is -0.448 e. The number of amides is 1. The molecule has 0 rings (SSSR count). The molecule has 1 amide bonds. The average Bonchev–Trinajstić information content (AvgIpc) is 1.95. The van der Waals surface area contributed by atoms with Gasteiger partial charge in [0.2, 0.25) is 0 Å². The van der Waals surface area contributed by atoms with Crippen molar-refractivity contribution in [3.8, 4) is 0 Å². The summed E-state index contributed by atoms with van der Waals surface area (Å²) < 4.78 is 4.83. The highest BCUT2D eigenvalue weighted by atomic mass is 16.5. The van der Waals surface area contributed by atoms with Crippen molar-refractivity contribution in [2.75, 3.05) is 13.2 Å². The van der Waals surface area contributed by atoms with E-state index in [9.17, 15) is 4.79 Å². The molecule has 0 radical (unpaired) electrons. The number of ether oxygens (including phenoxy) is 1. The zero-order valence-corrected chi connectivity index (χ0v) is 8.02. The van der Waals surface area contributed by atoms with E-state index in [0.29, 0.717) is 6.54 Å². The van der Waals surface area contributed by atoms with E-state index in [-0.39, 0.29) is 6.61 Å². The van der Waals surface area contributed by atoms with Crippen LogP contribution in [-0.4, -0.2) is 24.8 Å². The average molecular weight is 174 g/mol. The normalized spacial score (nSPS) is 11.0. The van der Waals surface area contributed by atoms with Crippen molar-refractivity contribution in [2.45, 2.75) is 32.7 Å². The van der Waals surface area contributed by atoms with Crippen molar-refractivity contribution < 1.29 is 9.53 Å². The van der Waals surface area contributed by atoms with Crippen LogP contribution in [0.4, 0.5) is 4.79 Å². The highest BCUT2D eigenvalue weighted by Crippen LogP contribution is 1.96. The molecule has 4 heteroatoms. The first-order chi connectivity index (χ1) is 5.45. The molecule has 0 atom stereocenters. The van der Waals surface area contributed by atoms with E-state index >= 15 is 0 Å². The number of alkyl carbamates (subject to hydrolysis) is 1. The molecule has 0 saturated carbocycles. The standard InChI is InChI=1S/C8H18N2O2/c1-4-5-10-7(11)12-6-8(2,3)9/h4-6,9H2,1-3H3,(H,10,11). The predicted molar refractivity (Wildman–Crippen MR) is 47.9 cm³/mol. The Morgan fingerprint density at radius 3 is 2.58 bits per heavy atom. The molecule has 72 valence electrons. The third-order valence-electron chi connectivity index (χ3n) is 1.09. The van der Waals surface area contributed by atoms with Gasteiger partial charge in [0.1, 0.15) is 6.61 Å². The number of nitrogens with one attached hydrogen (secondary N) is 1. The summed E-state index contributed by atoms with van der Waals surface area (Å²) >= 11 is 0. The first-order valence-electron chi connectivity index (χ1n) is 4.15. The van der Waals surface area contributed by atoms with Crippen LogP contribution in [0.25, 0.3) is 0 Å². The second-order valence-corrected chi connectivity index (χ2v) is 3.49. The SMILES string of the molecule is CCCNC(=O)OCC(C)(C)N. The summed E-state index contributed by atoms with van der Waals surface area (Å²) in [6.07, 6.45) is 0.511. The Labute approximate surface area is 73.5 Å². The van der Waals surface area contributed by atoms with Crippen molar-refractivity contribution in [3.63, 3.8) is 0 Å². The monoisotopic (exact) mass is 174 g/mol. The summed E-state index contributed by atoms with van der Waals surface area (Å²) in [4.78, 5) is 10.9. The van der Waals surface area contributed by atoms with Crippen molar-refractivity contribution in [1.82, 2.24) is 5.32 Å². The van der Waals surface area contributed by atoms with Gasteiger partial charge in [0.15, 0.2) is 0 Å². The van der Waals surface area contributed by atoms with Gasteiger partial charge in [0.05, 0.1) is 0 Å². The summed E-state index contributed by atoms with van der Waals surface area (Å²) in [7, 11) is 0. The first-order valence-corrected chi connectivity index (χ1v) is 4.15. The van der Waals surface area contributed by atoms with E-state index in [2.05, 4.69) is 5.32 Å². The van der Waals surface area contributed by atoms with Crippen molar-refractivity contribution in [3.05, 3.63) is 0 Å². The number of rotatable bonds is 4. The van der Waals surface area contributed by atoms with Crippen LogP contribution in [0.5, 0.6) is 0 Å². The summed E-state index contributed by atoms with van der Waals surface area (Å²) in [5, 5.41) is 2.59. The molecular weight excluding hydrogens is 156 g/mol. The molecule has 0 heterocycles. The highest BCUT2D eigenvalue weighted by molar-refractivity contribution is 5.67. The number of nitrogens with two attached hydrogens (primary N) is 1. The molecule has 0 aromatic rings. The number of hydrogen-bond acceptors (Lipinski definition) is 3. The zero-order chi connectivity index (χ0) is 9.61. The number of carbonyl (C=O) groups excluding carboxylic acids is 1. The minimum absolute atomic E-state index is 0.239. The number of hydrogen-bond donors (Lipinski definition) is 2. The van der Waals surface area contributed by atoms with Crippen LogP contribution >= 0.6 is 0 Å². The van der Waals surface area contributed by atoms with Gasteiger partial charge in [-0.05, 0) is 20.3 Å². The lowest BCUT2D eigenvalue weighted by molar-refractivity contribution is 0.125. The fraction of sp³-hybridized carbons (Fsp3) is 0.875. The van der Waals surface area contributed by atoms with E-state index in [1.165, 1.54) is 0 Å². The Morgan fingerprint density at radius 2 is 2.17 bits per heavy atom. The molecule has 3 N–H and O–H groups in total. The van der Waals surface area contributed by atoms with Crippen LogP contribution in [-0.2, 0) is 4.74 Å². The molecule has 0 saturated heterocycles. The van der Waals surface area contributed by atoms with Gasteiger partial charge in [-0.2, -0.15) is 0 Å². The molecule has 12 heavy (non-hydrogen) atoms. The van der Waals surface area contributed by atoms with Crippen molar-refractivity contribution in [2.24, 2.45) is 5.73 Å². The zero-order valence-electron chi connectivity index (χ0n) is 8.02. The van der Waals surface area contributed by atoms with E-state index in [1.807, 2.05) is 6.92 Å². The third kappa shape index (κ3) is 7.34. The van der Waals surface area contributed by atoms with Crippen LogP contribution in [0.15, 0.2) is 0 Å². The van der Waals surface area contributed by atoms with Crippen molar-refractivity contribution >= 4 is 6.09 Å². The third-order valence-corrected chi connectivity index (χ3v) is 1.09. The molecule has 0 aromatic carbocycles. The number of carbonyl (C=O) groups is 1. The predicted octanol–water partition coefficient (Wildman–Crippen LogP) is 0.860. The Kier molecular flexibility index (Phi) is 4.66. The maximum Gasteiger partial charge on any atom is 0.407 e. The lowest BCUT2D eigenvalue weighted by Gasteiger charge is -2.17. The van der Waals surface area contributed by atoms with Crippen molar-refractivity contribution in [1.29, 1.82) is 0 Å². The molecule has 0 aliphatic rings. The molecule has 0 aliphatic carbocycles. The maximum atomic E-state index is 10.9. The van der Waals surface area contributed by atoms with E-state index in [0.717, 1.165) is 6.42 Å². The lowest BCUT2D eigenvalue weighted by Crippen LogP contribution is -2.40.